The molecule has 2 aromatic heterocycles. The Morgan fingerprint density at radius 2 is 2.21 bits per heavy atom. The van der Waals surface area contributed by atoms with Crippen LogP contribution in [0, 0.1) is 0 Å². The molecule has 1 atom stereocenters. The lowest BCUT2D eigenvalue weighted by molar-refractivity contribution is -0.113. The van der Waals surface area contributed by atoms with Crippen molar-refractivity contribution < 1.29 is 4.79 Å². The Morgan fingerprint density at radius 3 is 3.00 bits per heavy atom. The summed E-state index contributed by atoms with van der Waals surface area (Å²) in [6.07, 6.45) is 5.35. The van der Waals surface area contributed by atoms with E-state index in [1.54, 1.807) is 24.3 Å². The number of carbonyl (C=O) groups excluding carboxylic acids is 1. The summed E-state index contributed by atoms with van der Waals surface area (Å²) in [6.45, 7) is 0. The summed E-state index contributed by atoms with van der Waals surface area (Å²) in [4.78, 5) is 20.7. The lowest BCUT2D eigenvalue weighted by Gasteiger charge is -2.17. The first-order valence-corrected chi connectivity index (χ1v) is 9.21. The van der Waals surface area contributed by atoms with Crippen molar-refractivity contribution in [2.24, 2.45) is 0 Å². The summed E-state index contributed by atoms with van der Waals surface area (Å²) in [6, 6.07) is 11.9. The molecule has 1 N–H and O–H groups in total. The van der Waals surface area contributed by atoms with E-state index in [-0.39, 0.29) is 11.2 Å². The molecule has 3 heterocycles. The summed E-state index contributed by atoms with van der Waals surface area (Å²) in [7, 11) is 0. The normalized spacial score (nSPS) is 17.0. The highest BCUT2D eigenvalue weighted by Gasteiger charge is 2.29. The van der Waals surface area contributed by atoms with Gasteiger partial charge in [0.2, 0.25) is 5.91 Å². The Hall–Kier alpha value is -2.12. The Morgan fingerprint density at radius 1 is 1.29 bits per heavy atom. The minimum Gasteiger partial charge on any atom is -0.308 e. The van der Waals surface area contributed by atoms with Crippen LogP contribution in [0.15, 0.2) is 59.6 Å². The molecule has 0 unspecified atom stereocenters. The number of pyridine rings is 1. The smallest absolute Gasteiger partial charge is 0.235 e. The predicted molar refractivity (Wildman–Crippen MR) is 98.4 cm³/mol. The van der Waals surface area contributed by atoms with Crippen LogP contribution >= 0.6 is 27.7 Å². The van der Waals surface area contributed by atoms with Crippen LogP contribution in [0.1, 0.15) is 16.5 Å². The number of benzene rings is 1. The monoisotopic (exact) mass is 400 g/mol. The number of thioether (sulfide) groups is 1. The molecule has 0 fully saturated rings. The van der Waals surface area contributed by atoms with Crippen LogP contribution in [0.4, 0.5) is 5.82 Å². The Bertz CT molecular complexity index is 897. The third-order valence-electron chi connectivity index (χ3n) is 3.77. The van der Waals surface area contributed by atoms with E-state index in [0.717, 1.165) is 21.4 Å². The van der Waals surface area contributed by atoms with E-state index >= 15 is 0 Å². The van der Waals surface area contributed by atoms with Gasteiger partial charge in [0, 0.05) is 22.6 Å². The maximum Gasteiger partial charge on any atom is 0.235 e. The summed E-state index contributed by atoms with van der Waals surface area (Å²) in [5, 5.41) is 2.88. The van der Waals surface area contributed by atoms with E-state index in [0.29, 0.717) is 11.6 Å². The maximum absolute atomic E-state index is 12.0. The highest BCUT2D eigenvalue weighted by Crippen LogP contribution is 2.41. The van der Waals surface area contributed by atoms with Crippen LogP contribution < -0.4 is 5.32 Å². The summed E-state index contributed by atoms with van der Waals surface area (Å²) in [5.41, 5.74) is 3.00. The molecule has 1 aromatic carbocycles. The van der Waals surface area contributed by atoms with E-state index < -0.39 is 0 Å². The van der Waals surface area contributed by atoms with Crippen molar-refractivity contribution in [1.82, 2.24) is 14.5 Å². The molecule has 0 aliphatic carbocycles. The van der Waals surface area contributed by atoms with Gasteiger partial charge in [0.25, 0.3) is 0 Å². The van der Waals surface area contributed by atoms with Gasteiger partial charge in [-0.1, -0.05) is 28.1 Å². The van der Waals surface area contributed by atoms with Crippen molar-refractivity contribution >= 4 is 39.4 Å². The van der Waals surface area contributed by atoms with Crippen molar-refractivity contribution in [3.8, 4) is 5.69 Å². The van der Waals surface area contributed by atoms with Crippen molar-refractivity contribution in [2.45, 2.75) is 5.25 Å². The number of rotatable bonds is 2. The molecule has 0 radical (unpaired) electrons. The third-order valence-corrected chi connectivity index (χ3v) is 5.52. The molecule has 3 aromatic rings. The molecular formula is C17H13BrN4OS. The van der Waals surface area contributed by atoms with E-state index in [2.05, 4.69) is 31.2 Å². The zero-order chi connectivity index (χ0) is 16.5. The van der Waals surface area contributed by atoms with E-state index in [4.69, 9.17) is 0 Å². The molecule has 1 aliphatic rings. The highest BCUT2D eigenvalue weighted by atomic mass is 79.9. The molecule has 0 saturated carbocycles. The Labute approximate surface area is 151 Å². The number of anilines is 1. The van der Waals surface area contributed by atoms with Crippen LogP contribution in [0.25, 0.3) is 5.69 Å². The molecule has 7 heteroatoms. The van der Waals surface area contributed by atoms with Gasteiger partial charge < -0.3 is 5.32 Å². The van der Waals surface area contributed by atoms with Gasteiger partial charge in [-0.25, -0.2) is 4.98 Å². The fourth-order valence-corrected chi connectivity index (χ4v) is 4.22. The minimum atomic E-state index is -0.0351. The van der Waals surface area contributed by atoms with Gasteiger partial charge in [0.05, 0.1) is 16.7 Å². The van der Waals surface area contributed by atoms with Gasteiger partial charge >= 0.3 is 0 Å². The van der Waals surface area contributed by atoms with E-state index in [9.17, 15) is 4.79 Å². The van der Waals surface area contributed by atoms with Crippen LogP contribution in [-0.2, 0) is 4.79 Å². The average Bonchev–Trinajstić information content (AvgIpc) is 2.92. The van der Waals surface area contributed by atoms with Crippen molar-refractivity contribution in [3.05, 3.63) is 70.8 Å². The molecule has 0 spiro atoms. The number of aromatic nitrogens is 3. The highest BCUT2D eigenvalue weighted by molar-refractivity contribution is 9.10. The fourth-order valence-electron chi connectivity index (χ4n) is 2.73. The molecule has 4 rings (SSSR count). The van der Waals surface area contributed by atoms with Crippen molar-refractivity contribution in [1.29, 1.82) is 0 Å². The quantitative estimate of drug-likeness (QED) is 0.710. The van der Waals surface area contributed by atoms with Gasteiger partial charge in [-0.05, 0) is 29.8 Å². The second-order valence-electron chi connectivity index (χ2n) is 5.35. The molecular weight excluding hydrogens is 388 g/mol. The van der Waals surface area contributed by atoms with Crippen LogP contribution in [0.2, 0.25) is 0 Å². The number of nitrogens with one attached hydrogen (secondary N) is 1. The van der Waals surface area contributed by atoms with Crippen LogP contribution in [-0.4, -0.2) is 26.2 Å². The maximum atomic E-state index is 12.0. The molecule has 24 heavy (non-hydrogen) atoms. The largest absolute Gasteiger partial charge is 0.308 e. The second kappa shape index (κ2) is 6.41. The SMILES string of the molecule is O=C1CS[C@@H](c2cccnc2)c2c(ncn2-c2cccc(Br)c2)N1. The second-order valence-corrected chi connectivity index (χ2v) is 7.36. The van der Waals surface area contributed by atoms with Crippen LogP contribution in [0.3, 0.4) is 0 Å². The Balaban J connectivity index is 1.89. The summed E-state index contributed by atoms with van der Waals surface area (Å²) >= 11 is 5.09. The van der Waals surface area contributed by atoms with Gasteiger partial charge in [-0.2, -0.15) is 0 Å². The summed E-state index contributed by atoms with van der Waals surface area (Å²) < 4.78 is 3.02. The zero-order valence-electron chi connectivity index (χ0n) is 12.5. The number of carbonyl (C=O) groups is 1. The fraction of sp³-hybridized carbons (Fsp3) is 0.118. The van der Waals surface area contributed by atoms with E-state index in [1.165, 1.54) is 0 Å². The molecule has 0 saturated heterocycles. The standard InChI is InChI=1S/C17H13BrN4OS/c18-12-4-1-5-13(7-12)22-10-20-17-15(22)16(24-9-14(23)21-17)11-3-2-6-19-8-11/h1-8,10,16H,9H2,(H,21,23)/t16-/m0/s1. The topological polar surface area (TPSA) is 59.8 Å². The molecule has 1 amide bonds. The number of fused-ring (bicyclic) bond motifs is 1. The summed E-state index contributed by atoms with van der Waals surface area (Å²) in [5.74, 6) is 0.958. The predicted octanol–water partition coefficient (Wildman–Crippen LogP) is 3.80. The number of nitrogens with zero attached hydrogens (tertiary/aromatic N) is 3. The van der Waals surface area contributed by atoms with E-state index in [1.807, 2.05) is 47.2 Å². The molecule has 1 aliphatic heterocycles. The first-order valence-electron chi connectivity index (χ1n) is 7.37. The van der Waals surface area contributed by atoms with Crippen molar-refractivity contribution in [2.75, 3.05) is 11.1 Å². The first-order chi connectivity index (χ1) is 11.7. The molecule has 120 valence electrons. The average molecular weight is 401 g/mol. The Kier molecular flexibility index (Phi) is 4.12. The van der Waals surface area contributed by atoms with Gasteiger partial charge in [0.15, 0.2) is 5.82 Å². The number of amides is 1. The first kappa shape index (κ1) is 15.4. The van der Waals surface area contributed by atoms with Gasteiger partial charge in [0.1, 0.15) is 6.33 Å². The van der Waals surface area contributed by atoms with Crippen molar-refractivity contribution in [3.63, 3.8) is 0 Å². The number of imidazole rings is 1. The third kappa shape index (κ3) is 2.85. The van der Waals surface area contributed by atoms with Crippen LogP contribution in [0.5, 0.6) is 0 Å². The van der Waals surface area contributed by atoms with Gasteiger partial charge in [-0.15, -0.1) is 11.8 Å². The van der Waals surface area contributed by atoms with Gasteiger partial charge in [-0.3, -0.25) is 14.3 Å². The number of halogens is 1. The number of hydrogen-bond donors (Lipinski definition) is 1. The number of hydrogen-bond acceptors (Lipinski definition) is 4. The minimum absolute atomic E-state index is 0.0193. The molecule has 0 bridgehead atoms. The molecule has 5 nitrogen and oxygen atoms in total. The zero-order valence-corrected chi connectivity index (χ0v) is 14.9. The lowest BCUT2D eigenvalue weighted by Crippen LogP contribution is -2.12. The lowest BCUT2D eigenvalue weighted by atomic mass is 10.1.